The third kappa shape index (κ3) is 2.18. The average Bonchev–Trinajstić information content (AvgIpc) is 3.05. The van der Waals surface area contributed by atoms with Gasteiger partial charge in [-0.05, 0) is 31.5 Å². The fourth-order valence-electron chi connectivity index (χ4n) is 2.94. The molecule has 1 fully saturated rings. The van der Waals surface area contributed by atoms with Gasteiger partial charge in [0, 0.05) is 7.05 Å². The van der Waals surface area contributed by atoms with Crippen molar-refractivity contribution < 1.29 is 9.53 Å². The van der Waals surface area contributed by atoms with E-state index in [2.05, 4.69) is 20.5 Å². The van der Waals surface area contributed by atoms with Gasteiger partial charge in [0.05, 0.1) is 24.7 Å². The molecule has 2 aromatic rings. The lowest BCUT2D eigenvalue weighted by molar-refractivity contribution is -0.146. The summed E-state index contributed by atoms with van der Waals surface area (Å²) in [5, 5.41) is 0. The van der Waals surface area contributed by atoms with Gasteiger partial charge in [-0.25, -0.2) is 4.98 Å². The number of likely N-dealkylation sites (tertiary alicyclic amines) is 1. The fraction of sp³-hybridized carbons (Fsp3) is 0.467. The van der Waals surface area contributed by atoms with Gasteiger partial charge in [-0.15, -0.1) is 0 Å². The van der Waals surface area contributed by atoms with Gasteiger partial charge in [0.2, 0.25) is 0 Å². The van der Waals surface area contributed by atoms with Crippen molar-refractivity contribution >= 4 is 17.0 Å². The third-order valence-corrected chi connectivity index (χ3v) is 4.06. The summed E-state index contributed by atoms with van der Waals surface area (Å²) in [6.45, 7) is 1.61. The van der Waals surface area contributed by atoms with Crippen LogP contribution in [0.2, 0.25) is 0 Å². The first-order valence-corrected chi connectivity index (χ1v) is 6.93. The van der Waals surface area contributed by atoms with Crippen LogP contribution in [0.1, 0.15) is 18.7 Å². The number of hydrogen-bond acceptors (Lipinski definition) is 4. The van der Waals surface area contributed by atoms with Gasteiger partial charge in [0.25, 0.3) is 0 Å². The monoisotopic (exact) mass is 273 g/mol. The van der Waals surface area contributed by atoms with E-state index >= 15 is 0 Å². The van der Waals surface area contributed by atoms with Gasteiger partial charge in [-0.3, -0.25) is 9.69 Å². The molecular formula is C15H19N3O2. The summed E-state index contributed by atoms with van der Waals surface area (Å²) in [5.74, 6) is 0.850. The maximum Gasteiger partial charge on any atom is 0.323 e. The van der Waals surface area contributed by atoms with Crippen molar-refractivity contribution in [1.82, 2.24) is 14.5 Å². The summed E-state index contributed by atoms with van der Waals surface area (Å²) in [5.41, 5.74) is 2.12. The number of hydrogen-bond donors (Lipinski definition) is 0. The van der Waals surface area contributed by atoms with E-state index in [4.69, 9.17) is 4.74 Å². The van der Waals surface area contributed by atoms with E-state index in [9.17, 15) is 4.79 Å². The first-order valence-electron chi connectivity index (χ1n) is 6.93. The van der Waals surface area contributed by atoms with Gasteiger partial charge >= 0.3 is 5.97 Å². The molecule has 1 saturated heterocycles. The lowest BCUT2D eigenvalue weighted by Gasteiger charge is -2.21. The van der Waals surface area contributed by atoms with E-state index in [0.717, 1.165) is 36.2 Å². The zero-order chi connectivity index (χ0) is 14.1. The van der Waals surface area contributed by atoms with Gasteiger partial charge in [-0.1, -0.05) is 12.1 Å². The van der Waals surface area contributed by atoms with Crippen LogP contribution in [0.15, 0.2) is 24.3 Å². The number of ether oxygens (including phenoxy) is 1. The summed E-state index contributed by atoms with van der Waals surface area (Å²) in [4.78, 5) is 18.6. The Morgan fingerprint density at radius 2 is 2.25 bits per heavy atom. The highest BCUT2D eigenvalue weighted by atomic mass is 16.5. The number of aryl methyl sites for hydroxylation is 1. The summed E-state index contributed by atoms with van der Waals surface area (Å²) in [6, 6.07) is 7.96. The number of carbonyl (C=O) groups is 1. The molecule has 5 heteroatoms. The molecule has 1 aromatic carbocycles. The van der Waals surface area contributed by atoms with Crippen molar-refractivity contribution in [2.24, 2.45) is 7.05 Å². The van der Waals surface area contributed by atoms with Crippen molar-refractivity contribution in [3.8, 4) is 0 Å². The van der Waals surface area contributed by atoms with Crippen LogP contribution >= 0.6 is 0 Å². The molecule has 0 aliphatic carbocycles. The van der Waals surface area contributed by atoms with Crippen LogP contribution in [0.3, 0.4) is 0 Å². The number of carbonyl (C=O) groups excluding carboxylic acids is 1. The van der Waals surface area contributed by atoms with Crippen molar-refractivity contribution in [1.29, 1.82) is 0 Å². The number of imidazole rings is 1. The topological polar surface area (TPSA) is 47.4 Å². The van der Waals surface area contributed by atoms with E-state index in [1.54, 1.807) is 0 Å². The largest absolute Gasteiger partial charge is 0.468 e. The minimum Gasteiger partial charge on any atom is -0.468 e. The molecule has 1 unspecified atom stereocenters. The van der Waals surface area contributed by atoms with Gasteiger partial charge in [0.15, 0.2) is 0 Å². The Morgan fingerprint density at radius 1 is 1.45 bits per heavy atom. The molecule has 0 N–H and O–H groups in total. The molecule has 0 radical (unpaired) electrons. The fourth-order valence-corrected chi connectivity index (χ4v) is 2.94. The Labute approximate surface area is 118 Å². The summed E-state index contributed by atoms with van der Waals surface area (Å²) >= 11 is 0. The molecule has 106 valence electrons. The van der Waals surface area contributed by atoms with Crippen LogP contribution in [-0.4, -0.2) is 40.1 Å². The maximum absolute atomic E-state index is 11.8. The predicted molar refractivity (Wildman–Crippen MR) is 76.2 cm³/mol. The number of methoxy groups -OCH3 is 1. The summed E-state index contributed by atoms with van der Waals surface area (Å²) in [6.07, 6.45) is 1.90. The minimum atomic E-state index is -0.138. The SMILES string of the molecule is COC(=O)C1CCCN1Cc1nc2ccccc2n1C. The van der Waals surface area contributed by atoms with E-state index in [0.29, 0.717) is 6.54 Å². The van der Waals surface area contributed by atoms with Crippen LogP contribution in [-0.2, 0) is 23.1 Å². The zero-order valence-electron chi connectivity index (χ0n) is 11.9. The standard InChI is InChI=1S/C15H19N3O2/c1-17-12-7-4-3-6-11(12)16-14(17)10-18-9-5-8-13(18)15(19)20-2/h3-4,6-7,13H,5,8-10H2,1-2H3. The van der Waals surface area contributed by atoms with E-state index < -0.39 is 0 Å². The van der Waals surface area contributed by atoms with Crippen molar-refractivity contribution in [3.05, 3.63) is 30.1 Å². The van der Waals surface area contributed by atoms with E-state index in [-0.39, 0.29) is 12.0 Å². The zero-order valence-corrected chi connectivity index (χ0v) is 11.9. The van der Waals surface area contributed by atoms with Crippen molar-refractivity contribution in [2.75, 3.05) is 13.7 Å². The van der Waals surface area contributed by atoms with Crippen LogP contribution in [0, 0.1) is 0 Å². The van der Waals surface area contributed by atoms with Crippen LogP contribution in [0.5, 0.6) is 0 Å². The second kappa shape index (κ2) is 5.25. The Morgan fingerprint density at radius 3 is 3.00 bits per heavy atom. The molecular weight excluding hydrogens is 254 g/mol. The Kier molecular flexibility index (Phi) is 3.44. The summed E-state index contributed by atoms with van der Waals surface area (Å²) in [7, 11) is 3.47. The van der Waals surface area contributed by atoms with Crippen LogP contribution in [0.25, 0.3) is 11.0 Å². The smallest absolute Gasteiger partial charge is 0.323 e. The number of aromatic nitrogens is 2. The molecule has 0 amide bonds. The van der Waals surface area contributed by atoms with Gasteiger partial charge < -0.3 is 9.30 Å². The second-order valence-electron chi connectivity index (χ2n) is 5.23. The van der Waals surface area contributed by atoms with E-state index in [1.165, 1.54) is 7.11 Å². The van der Waals surface area contributed by atoms with Crippen LogP contribution in [0.4, 0.5) is 0 Å². The Hall–Kier alpha value is -1.88. The molecule has 1 aliphatic heterocycles. The highest BCUT2D eigenvalue weighted by Crippen LogP contribution is 2.22. The molecule has 1 atom stereocenters. The number of rotatable bonds is 3. The lowest BCUT2D eigenvalue weighted by atomic mass is 10.2. The Bertz CT molecular complexity index is 635. The highest BCUT2D eigenvalue weighted by Gasteiger charge is 2.32. The highest BCUT2D eigenvalue weighted by molar-refractivity contribution is 5.76. The van der Waals surface area contributed by atoms with Crippen molar-refractivity contribution in [2.45, 2.75) is 25.4 Å². The second-order valence-corrected chi connectivity index (χ2v) is 5.23. The molecule has 0 bridgehead atoms. The van der Waals surface area contributed by atoms with Crippen LogP contribution < -0.4 is 0 Å². The third-order valence-electron chi connectivity index (χ3n) is 4.06. The number of fused-ring (bicyclic) bond motifs is 1. The lowest BCUT2D eigenvalue weighted by Crippen LogP contribution is -2.36. The number of esters is 1. The molecule has 0 spiro atoms. The first-order chi connectivity index (χ1) is 9.70. The molecule has 0 saturated carbocycles. The summed E-state index contributed by atoms with van der Waals surface area (Å²) < 4.78 is 6.98. The van der Waals surface area contributed by atoms with E-state index in [1.807, 2.05) is 25.2 Å². The molecule has 3 rings (SSSR count). The molecule has 5 nitrogen and oxygen atoms in total. The average molecular weight is 273 g/mol. The van der Waals surface area contributed by atoms with Gasteiger partial charge in [-0.2, -0.15) is 0 Å². The maximum atomic E-state index is 11.8. The quantitative estimate of drug-likeness (QED) is 0.799. The minimum absolute atomic E-state index is 0.125. The molecule has 1 aromatic heterocycles. The predicted octanol–water partition coefficient (Wildman–Crippen LogP) is 1.71. The Balaban J connectivity index is 1.85. The molecule has 1 aliphatic rings. The van der Waals surface area contributed by atoms with Crippen molar-refractivity contribution in [3.63, 3.8) is 0 Å². The van der Waals surface area contributed by atoms with Gasteiger partial charge in [0.1, 0.15) is 11.9 Å². The molecule has 2 heterocycles. The number of nitrogens with zero attached hydrogens (tertiary/aromatic N) is 3. The normalized spacial score (nSPS) is 19.6. The first kappa shape index (κ1) is 13.1. The molecule has 20 heavy (non-hydrogen) atoms. The number of para-hydroxylation sites is 2. The number of benzene rings is 1.